The molecule has 6 nitrogen and oxygen atoms in total. The van der Waals surface area contributed by atoms with E-state index in [0.717, 1.165) is 17.4 Å². The number of hydrogen-bond donors (Lipinski definition) is 0. The summed E-state index contributed by atoms with van der Waals surface area (Å²) in [7, 11) is 1.17. The number of nitro benzene ring substituents is 1. The summed E-state index contributed by atoms with van der Waals surface area (Å²) in [6.45, 7) is 0. The summed E-state index contributed by atoms with van der Waals surface area (Å²) < 4.78 is 18.1. The number of rotatable bonds is 2. The Hall–Kier alpha value is -2.09. The molecule has 0 bridgehead atoms. The van der Waals surface area contributed by atoms with Gasteiger partial charge in [0.2, 0.25) is 5.01 Å². The number of benzene rings is 1. The van der Waals surface area contributed by atoms with Gasteiger partial charge in [-0.25, -0.2) is 14.2 Å². The minimum Gasteiger partial charge on any atom is -0.464 e. The fourth-order valence-corrected chi connectivity index (χ4v) is 2.19. The highest BCUT2D eigenvalue weighted by Crippen LogP contribution is 2.29. The molecule has 2 rings (SSSR count). The van der Waals surface area contributed by atoms with E-state index in [1.54, 1.807) is 0 Å². The number of hydrogen-bond acceptors (Lipinski definition) is 6. The summed E-state index contributed by atoms with van der Waals surface area (Å²) in [4.78, 5) is 24.7. The zero-order valence-corrected chi connectivity index (χ0v) is 9.28. The largest absolute Gasteiger partial charge is 0.464 e. The first kappa shape index (κ1) is 11.4. The van der Waals surface area contributed by atoms with Crippen LogP contribution >= 0.6 is 11.3 Å². The Morgan fingerprint density at radius 2 is 2.29 bits per heavy atom. The second-order valence-corrected chi connectivity index (χ2v) is 4.07. The standard InChI is InChI=1S/C9H5FN2O4S/c1-16-9(13)8-11-7-5(10)2-4(12(14)15)3-6(7)17-8/h2-3H,1H3. The zero-order valence-electron chi connectivity index (χ0n) is 8.47. The van der Waals surface area contributed by atoms with Crippen molar-refractivity contribution < 1.29 is 18.8 Å². The number of ether oxygens (including phenoxy) is 1. The van der Waals surface area contributed by atoms with E-state index < -0.39 is 16.7 Å². The number of non-ortho nitro benzene ring substituents is 1. The lowest BCUT2D eigenvalue weighted by Crippen LogP contribution is -1.99. The second-order valence-electron chi connectivity index (χ2n) is 3.04. The minimum atomic E-state index is -0.833. The highest BCUT2D eigenvalue weighted by molar-refractivity contribution is 7.20. The third-order valence-corrected chi connectivity index (χ3v) is 2.99. The number of carbonyl (C=O) groups excluding carboxylic acids is 1. The summed E-state index contributed by atoms with van der Waals surface area (Å²) >= 11 is 0.846. The van der Waals surface area contributed by atoms with E-state index in [2.05, 4.69) is 9.72 Å². The lowest BCUT2D eigenvalue weighted by atomic mass is 10.3. The molecule has 8 heteroatoms. The number of thiazole rings is 1. The lowest BCUT2D eigenvalue weighted by molar-refractivity contribution is -0.384. The van der Waals surface area contributed by atoms with Crippen LogP contribution in [0.5, 0.6) is 0 Å². The third kappa shape index (κ3) is 1.94. The van der Waals surface area contributed by atoms with Crippen LogP contribution in [-0.4, -0.2) is 23.0 Å². The van der Waals surface area contributed by atoms with Crippen molar-refractivity contribution in [1.82, 2.24) is 4.98 Å². The van der Waals surface area contributed by atoms with E-state index in [4.69, 9.17) is 0 Å². The Kier molecular flexibility index (Phi) is 2.72. The van der Waals surface area contributed by atoms with Gasteiger partial charge < -0.3 is 4.74 Å². The van der Waals surface area contributed by atoms with Gasteiger partial charge in [0.15, 0.2) is 5.82 Å². The van der Waals surface area contributed by atoms with E-state index in [1.165, 1.54) is 13.2 Å². The van der Waals surface area contributed by atoms with Gasteiger partial charge in [-0.05, 0) is 0 Å². The highest BCUT2D eigenvalue weighted by Gasteiger charge is 2.18. The maximum absolute atomic E-state index is 13.5. The lowest BCUT2D eigenvalue weighted by Gasteiger charge is -1.92. The first-order valence-electron chi connectivity index (χ1n) is 4.35. The van der Waals surface area contributed by atoms with Gasteiger partial charge in [0, 0.05) is 6.07 Å². The molecule has 0 atom stereocenters. The van der Waals surface area contributed by atoms with Gasteiger partial charge >= 0.3 is 5.97 Å². The van der Waals surface area contributed by atoms with Crippen LogP contribution in [-0.2, 0) is 4.74 Å². The van der Waals surface area contributed by atoms with E-state index in [1.807, 2.05) is 0 Å². The van der Waals surface area contributed by atoms with Gasteiger partial charge in [-0.3, -0.25) is 10.1 Å². The van der Waals surface area contributed by atoms with Crippen molar-refractivity contribution in [3.63, 3.8) is 0 Å². The Morgan fingerprint density at radius 1 is 1.59 bits per heavy atom. The van der Waals surface area contributed by atoms with Gasteiger partial charge in [-0.15, -0.1) is 11.3 Å². The number of methoxy groups -OCH3 is 1. The molecule has 0 aliphatic heterocycles. The molecule has 2 aromatic rings. The molecule has 88 valence electrons. The zero-order chi connectivity index (χ0) is 12.6. The van der Waals surface area contributed by atoms with Crippen LogP contribution in [0.2, 0.25) is 0 Å². The Balaban J connectivity index is 2.64. The number of aromatic nitrogens is 1. The second kappa shape index (κ2) is 4.06. The summed E-state index contributed by atoms with van der Waals surface area (Å²) in [5.74, 6) is -1.53. The number of nitrogens with zero attached hydrogens (tertiary/aromatic N) is 2. The number of esters is 1. The van der Waals surface area contributed by atoms with Crippen LogP contribution < -0.4 is 0 Å². The molecule has 17 heavy (non-hydrogen) atoms. The molecule has 0 aliphatic rings. The fraction of sp³-hybridized carbons (Fsp3) is 0.111. The molecule has 0 radical (unpaired) electrons. The maximum Gasteiger partial charge on any atom is 0.367 e. The van der Waals surface area contributed by atoms with Crippen molar-refractivity contribution in [3.05, 3.63) is 33.1 Å². The van der Waals surface area contributed by atoms with Crippen LogP contribution in [0.15, 0.2) is 12.1 Å². The summed E-state index contributed by atoms with van der Waals surface area (Å²) in [6.07, 6.45) is 0. The van der Waals surface area contributed by atoms with Crippen molar-refractivity contribution in [2.75, 3.05) is 7.11 Å². The van der Waals surface area contributed by atoms with Gasteiger partial charge in [-0.2, -0.15) is 0 Å². The van der Waals surface area contributed by atoms with Crippen LogP contribution in [0.3, 0.4) is 0 Å². The summed E-state index contributed by atoms with van der Waals surface area (Å²) in [5.41, 5.74) is -0.448. The highest BCUT2D eigenvalue weighted by atomic mass is 32.1. The van der Waals surface area contributed by atoms with Crippen LogP contribution in [0.4, 0.5) is 10.1 Å². The number of carbonyl (C=O) groups is 1. The predicted molar refractivity (Wildman–Crippen MR) is 57.6 cm³/mol. The molecule has 0 spiro atoms. The van der Waals surface area contributed by atoms with Gasteiger partial charge in [-0.1, -0.05) is 0 Å². The molecule has 0 aliphatic carbocycles. The maximum atomic E-state index is 13.5. The molecule has 1 heterocycles. The van der Waals surface area contributed by atoms with Gasteiger partial charge in [0.05, 0.1) is 22.8 Å². The van der Waals surface area contributed by atoms with Crippen LogP contribution in [0.1, 0.15) is 9.80 Å². The Morgan fingerprint density at radius 3 is 2.88 bits per heavy atom. The smallest absolute Gasteiger partial charge is 0.367 e. The van der Waals surface area contributed by atoms with E-state index in [-0.39, 0.29) is 20.9 Å². The number of halogens is 1. The molecule has 0 amide bonds. The summed E-state index contributed by atoms with van der Waals surface area (Å²) in [5, 5.41) is 10.5. The predicted octanol–water partition coefficient (Wildman–Crippen LogP) is 2.13. The molecular weight excluding hydrogens is 251 g/mol. The number of nitro groups is 1. The van der Waals surface area contributed by atoms with Gasteiger partial charge in [0.25, 0.3) is 5.69 Å². The van der Waals surface area contributed by atoms with Crippen molar-refractivity contribution in [3.8, 4) is 0 Å². The van der Waals surface area contributed by atoms with E-state index in [9.17, 15) is 19.3 Å². The fourth-order valence-electron chi connectivity index (χ4n) is 1.26. The molecule has 0 saturated heterocycles. The van der Waals surface area contributed by atoms with Crippen molar-refractivity contribution >= 4 is 33.2 Å². The molecule has 1 aromatic carbocycles. The quantitative estimate of drug-likeness (QED) is 0.467. The van der Waals surface area contributed by atoms with Crippen molar-refractivity contribution in [1.29, 1.82) is 0 Å². The van der Waals surface area contributed by atoms with Crippen molar-refractivity contribution in [2.45, 2.75) is 0 Å². The first-order valence-corrected chi connectivity index (χ1v) is 5.17. The average molecular weight is 256 g/mol. The first-order chi connectivity index (χ1) is 8.02. The molecule has 0 unspecified atom stereocenters. The van der Waals surface area contributed by atoms with E-state index in [0.29, 0.717) is 0 Å². The Bertz CT molecular complexity index is 625. The topological polar surface area (TPSA) is 82.3 Å². The molecular formula is C9H5FN2O4S. The average Bonchev–Trinajstić information content (AvgIpc) is 2.72. The number of fused-ring (bicyclic) bond motifs is 1. The monoisotopic (exact) mass is 256 g/mol. The van der Waals surface area contributed by atoms with Gasteiger partial charge in [0.1, 0.15) is 5.52 Å². The normalized spacial score (nSPS) is 10.5. The molecule has 1 aromatic heterocycles. The van der Waals surface area contributed by atoms with Crippen LogP contribution in [0, 0.1) is 15.9 Å². The van der Waals surface area contributed by atoms with E-state index >= 15 is 0 Å². The Labute approximate surface area is 97.8 Å². The SMILES string of the molecule is COC(=O)c1nc2c(F)cc([N+](=O)[O-])cc2s1. The third-order valence-electron chi connectivity index (χ3n) is 2.00. The minimum absolute atomic E-state index is 0.0399. The molecule has 0 fully saturated rings. The molecule has 0 saturated carbocycles. The van der Waals surface area contributed by atoms with Crippen LogP contribution in [0.25, 0.3) is 10.2 Å². The summed E-state index contributed by atoms with van der Waals surface area (Å²) in [6, 6.07) is 1.94. The van der Waals surface area contributed by atoms with Crippen molar-refractivity contribution in [2.24, 2.45) is 0 Å². The molecule has 0 N–H and O–H groups in total.